The summed E-state index contributed by atoms with van der Waals surface area (Å²) < 4.78 is 0. The Hall–Kier alpha value is -1.23. The quantitative estimate of drug-likeness (QED) is 0.698. The standard InChI is InChI=1S/C11H18N2O3/c1-7(14)11(4,12)10(2,3)13-8(15)5-6-9(13)16/h5-6,12H2,1-4H3. The maximum Gasteiger partial charge on any atom is 0.230 e. The summed E-state index contributed by atoms with van der Waals surface area (Å²) in [5.41, 5.74) is 3.72. The molecule has 1 aliphatic rings. The van der Waals surface area contributed by atoms with E-state index in [1.54, 1.807) is 20.8 Å². The van der Waals surface area contributed by atoms with Crippen molar-refractivity contribution in [3.05, 3.63) is 0 Å². The molecule has 1 unspecified atom stereocenters. The molecule has 0 bridgehead atoms. The van der Waals surface area contributed by atoms with Gasteiger partial charge in [-0.2, -0.15) is 0 Å². The van der Waals surface area contributed by atoms with Crippen LogP contribution < -0.4 is 5.73 Å². The number of imide groups is 1. The van der Waals surface area contributed by atoms with E-state index in [1.807, 2.05) is 0 Å². The van der Waals surface area contributed by atoms with Crippen molar-refractivity contribution in [2.24, 2.45) is 5.73 Å². The molecule has 2 amide bonds. The minimum Gasteiger partial charge on any atom is -0.317 e. The van der Waals surface area contributed by atoms with Crippen LogP contribution in [-0.2, 0) is 14.4 Å². The summed E-state index contributed by atoms with van der Waals surface area (Å²) in [5.74, 6) is -0.758. The fourth-order valence-electron chi connectivity index (χ4n) is 1.86. The van der Waals surface area contributed by atoms with Gasteiger partial charge in [0, 0.05) is 12.8 Å². The van der Waals surface area contributed by atoms with Crippen LogP contribution in [0, 0.1) is 0 Å². The van der Waals surface area contributed by atoms with Crippen LogP contribution in [0.1, 0.15) is 40.5 Å². The number of carbonyl (C=O) groups excluding carboxylic acids is 3. The number of likely N-dealkylation sites (tertiary alicyclic amines) is 1. The number of hydrogen-bond acceptors (Lipinski definition) is 4. The average Bonchev–Trinajstić information content (AvgIpc) is 2.45. The van der Waals surface area contributed by atoms with Gasteiger partial charge in [-0.3, -0.25) is 19.3 Å². The predicted octanol–water partition coefficient (Wildman–Crippen LogP) is 0.220. The monoisotopic (exact) mass is 226 g/mol. The van der Waals surface area contributed by atoms with E-state index in [9.17, 15) is 14.4 Å². The third-order valence-electron chi connectivity index (χ3n) is 3.61. The molecule has 1 aliphatic heterocycles. The van der Waals surface area contributed by atoms with Crippen molar-refractivity contribution in [3.8, 4) is 0 Å². The van der Waals surface area contributed by atoms with Crippen LogP contribution >= 0.6 is 0 Å². The van der Waals surface area contributed by atoms with E-state index in [-0.39, 0.29) is 30.4 Å². The third-order valence-corrected chi connectivity index (χ3v) is 3.61. The van der Waals surface area contributed by atoms with E-state index in [4.69, 9.17) is 5.73 Å². The second kappa shape index (κ2) is 3.66. The molecule has 0 aromatic carbocycles. The molecule has 5 heteroatoms. The van der Waals surface area contributed by atoms with Crippen molar-refractivity contribution >= 4 is 17.6 Å². The minimum atomic E-state index is -1.23. The molecule has 1 heterocycles. The Morgan fingerprint density at radius 1 is 1.19 bits per heavy atom. The fourth-order valence-corrected chi connectivity index (χ4v) is 1.86. The van der Waals surface area contributed by atoms with E-state index in [0.717, 1.165) is 4.90 Å². The molecule has 5 nitrogen and oxygen atoms in total. The molecule has 0 aromatic heterocycles. The first-order valence-corrected chi connectivity index (χ1v) is 5.28. The molecule has 0 aromatic rings. The van der Waals surface area contributed by atoms with Gasteiger partial charge in [0.25, 0.3) is 0 Å². The van der Waals surface area contributed by atoms with E-state index < -0.39 is 11.1 Å². The van der Waals surface area contributed by atoms with E-state index in [2.05, 4.69) is 0 Å². The fraction of sp³-hybridized carbons (Fsp3) is 0.727. The largest absolute Gasteiger partial charge is 0.317 e. The lowest BCUT2D eigenvalue weighted by atomic mass is 9.77. The summed E-state index contributed by atoms with van der Waals surface area (Å²) in [6.07, 6.45) is 0.409. The molecular formula is C11H18N2O3. The van der Waals surface area contributed by atoms with Crippen LogP contribution in [-0.4, -0.2) is 33.6 Å². The van der Waals surface area contributed by atoms with Gasteiger partial charge in [0.2, 0.25) is 11.8 Å². The molecule has 0 spiro atoms. The maximum absolute atomic E-state index is 11.6. The second-order valence-corrected chi connectivity index (χ2v) is 4.94. The van der Waals surface area contributed by atoms with E-state index >= 15 is 0 Å². The smallest absolute Gasteiger partial charge is 0.230 e. The molecule has 0 aliphatic carbocycles. The summed E-state index contributed by atoms with van der Waals surface area (Å²) in [7, 11) is 0. The normalized spacial score (nSPS) is 21.2. The van der Waals surface area contributed by atoms with Gasteiger partial charge in [0.1, 0.15) is 0 Å². The van der Waals surface area contributed by atoms with Gasteiger partial charge >= 0.3 is 0 Å². The molecule has 16 heavy (non-hydrogen) atoms. The zero-order valence-corrected chi connectivity index (χ0v) is 10.2. The molecule has 2 N–H and O–H groups in total. The van der Waals surface area contributed by atoms with E-state index in [0.29, 0.717) is 0 Å². The summed E-state index contributed by atoms with van der Waals surface area (Å²) in [5, 5.41) is 0. The van der Waals surface area contributed by atoms with Crippen LogP contribution in [0.5, 0.6) is 0 Å². The lowest BCUT2D eigenvalue weighted by Crippen LogP contribution is -2.68. The second-order valence-electron chi connectivity index (χ2n) is 4.94. The lowest BCUT2D eigenvalue weighted by Gasteiger charge is -2.44. The van der Waals surface area contributed by atoms with Gasteiger partial charge in [-0.05, 0) is 27.7 Å². The number of Topliss-reactive ketones (excluding diaryl/α,β-unsaturated/α-hetero) is 1. The molecule has 1 rings (SSSR count). The topological polar surface area (TPSA) is 80.5 Å². The summed E-state index contributed by atoms with van der Waals surface area (Å²) >= 11 is 0. The predicted molar refractivity (Wildman–Crippen MR) is 58.4 cm³/mol. The van der Waals surface area contributed by atoms with Crippen LogP contribution in [0.2, 0.25) is 0 Å². The number of hydrogen-bond donors (Lipinski definition) is 1. The van der Waals surface area contributed by atoms with Gasteiger partial charge in [-0.1, -0.05) is 0 Å². The summed E-state index contributed by atoms with van der Waals surface area (Å²) in [4.78, 5) is 35.9. The van der Waals surface area contributed by atoms with Crippen LogP contribution in [0.4, 0.5) is 0 Å². The highest BCUT2D eigenvalue weighted by molar-refractivity contribution is 6.04. The summed E-state index contributed by atoms with van der Waals surface area (Å²) in [6.45, 7) is 6.21. The highest BCUT2D eigenvalue weighted by atomic mass is 16.2. The number of nitrogens with zero attached hydrogens (tertiary/aromatic N) is 1. The molecule has 1 atom stereocenters. The van der Waals surface area contributed by atoms with Gasteiger partial charge in [-0.25, -0.2) is 0 Å². The van der Waals surface area contributed by atoms with Crippen molar-refractivity contribution in [3.63, 3.8) is 0 Å². The van der Waals surface area contributed by atoms with Crippen molar-refractivity contribution < 1.29 is 14.4 Å². The third kappa shape index (κ3) is 1.65. The van der Waals surface area contributed by atoms with Crippen molar-refractivity contribution in [1.82, 2.24) is 4.90 Å². The minimum absolute atomic E-state index is 0.205. The van der Waals surface area contributed by atoms with Gasteiger partial charge in [-0.15, -0.1) is 0 Å². The lowest BCUT2D eigenvalue weighted by molar-refractivity contribution is -0.148. The van der Waals surface area contributed by atoms with Crippen molar-refractivity contribution in [2.45, 2.75) is 51.6 Å². The van der Waals surface area contributed by atoms with E-state index in [1.165, 1.54) is 6.92 Å². The van der Waals surface area contributed by atoms with Crippen LogP contribution in [0.15, 0.2) is 0 Å². The SMILES string of the molecule is CC(=O)C(C)(N)C(C)(C)N1C(=O)CCC1=O. The zero-order chi connectivity index (χ0) is 12.7. The molecule has 0 saturated carbocycles. The summed E-state index contributed by atoms with van der Waals surface area (Å²) in [6, 6.07) is 0. The van der Waals surface area contributed by atoms with Crippen molar-refractivity contribution in [1.29, 1.82) is 0 Å². The number of rotatable bonds is 3. The Labute approximate surface area is 95.0 Å². The maximum atomic E-state index is 11.6. The Kier molecular flexibility index (Phi) is 2.94. The van der Waals surface area contributed by atoms with Gasteiger partial charge < -0.3 is 5.73 Å². The molecule has 0 radical (unpaired) electrons. The number of carbonyl (C=O) groups is 3. The first-order valence-electron chi connectivity index (χ1n) is 5.28. The highest BCUT2D eigenvalue weighted by Gasteiger charge is 2.51. The number of nitrogens with two attached hydrogens (primary N) is 1. The average molecular weight is 226 g/mol. The Morgan fingerprint density at radius 2 is 1.56 bits per heavy atom. The first kappa shape index (κ1) is 12.8. The Morgan fingerprint density at radius 3 is 1.88 bits per heavy atom. The van der Waals surface area contributed by atoms with Gasteiger partial charge in [0.05, 0.1) is 11.1 Å². The zero-order valence-electron chi connectivity index (χ0n) is 10.2. The van der Waals surface area contributed by atoms with Crippen molar-refractivity contribution in [2.75, 3.05) is 0 Å². The van der Waals surface area contributed by atoms with Crippen LogP contribution in [0.25, 0.3) is 0 Å². The Bertz CT molecular complexity index is 342. The number of amides is 2. The van der Waals surface area contributed by atoms with Crippen LogP contribution in [0.3, 0.4) is 0 Å². The Balaban J connectivity index is 3.15. The number of ketones is 1. The molecule has 1 fully saturated rings. The molecular weight excluding hydrogens is 208 g/mol. The molecule has 1 saturated heterocycles. The highest BCUT2D eigenvalue weighted by Crippen LogP contribution is 2.31. The van der Waals surface area contributed by atoms with Gasteiger partial charge in [0.15, 0.2) is 5.78 Å². The molecule has 90 valence electrons. The first-order chi connectivity index (χ1) is 7.12.